The van der Waals surface area contributed by atoms with E-state index in [0.29, 0.717) is 6.04 Å². The van der Waals surface area contributed by atoms with E-state index in [4.69, 9.17) is 16.0 Å². The number of aryl methyl sites for hydroxylation is 1. The Labute approximate surface area is 130 Å². The quantitative estimate of drug-likeness (QED) is 0.870. The summed E-state index contributed by atoms with van der Waals surface area (Å²) in [7, 11) is 2.11. The van der Waals surface area contributed by atoms with Gasteiger partial charge in [0.1, 0.15) is 5.76 Å². The van der Waals surface area contributed by atoms with E-state index in [-0.39, 0.29) is 0 Å². The van der Waals surface area contributed by atoms with E-state index in [2.05, 4.69) is 29.4 Å². The lowest BCUT2D eigenvalue weighted by Gasteiger charge is -2.23. The van der Waals surface area contributed by atoms with Gasteiger partial charge in [-0.25, -0.2) is 0 Å². The second-order valence-corrected chi connectivity index (χ2v) is 6.22. The maximum absolute atomic E-state index is 6.16. The highest BCUT2D eigenvalue weighted by Gasteiger charge is 2.21. The lowest BCUT2D eigenvalue weighted by Crippen LogP contribution is -2.21. The average Bonchev–Trinajstić information content (AvgIpc) is 3.20. The fourth-order valence-corrected chi connectivity index (χ4v) is 2.72. The fourth-order valence-electron chi connectivity index (χ4n) is 2.53. The molecule has 0 atom stereocenters. The molecule has 0 amide bonds. The summed E-state index contributed by atoms with van der Waals surface area (Å²) in [5.41, 5.74) is 3.68. The van der Waals surface area contributed by atoms with Gasteiger partial charge >= 0.3 is 0 Å². The second kappa shape index (κ2) is 6.12. The molecule has 0 radical (unpaired) electrons. The molecule has 0 aliphatic heterocycles. The summed E-state index contributed by atoms with van der Waals surface area (Å²) in [5, 5.41) is 4.35. The van der Waals surface area contributed by atoms with Gasteiger partial charge < -0.3 is 14.6 Å². The first-order valence-corrected chi connectivity index (χ1v) is 7.77. The number of benzene rings is 1. The molecule has 0 saturated heterocycles. The number of hydrogen-bond acceptors (Lipinski definition) is 3. The van der Waals surface area contributed by atoms with Crippen LogP contribution in [0.1, 0.15) is 29.7 Å². The van der Waals surface area contributed by atoms with Gasteiger partial charge in [-0.1, -0.05) is 11.6 Å². The first kappa shape index (κ1) is 14.5. The topological polar surface area (TPSA) is 28.4 Å². The molecule has 4 heteroatoms. The highest BCUT2D eigenvalue weighted by molar-refractivity contribution is 6.30. The van der Waals surface area contributed by atoms with E-state index < -0.39 is 0 Å². The van der Waals surface area contributed by atoms with Crippen molar-refractivity contribution in [2.75, 3.05) is 11.9 Å². The van der Waals surface area contributed by atoms with Crippen LogP contribution in [0.5, 0.6) is 0 Å². The minimum atomic E-state index is 0.693. The summed E-state index contributed by atoms with van der Waals surface area (Å²) in [4.78, 5) is 2.25. The van der Waals surface area contributed by atoms with Crippen LogP contribution in [0, 0.1) is 6.92 Å². The smallest absolute Gasteiger partial charge is 0.105 e. The summed E-state index contributed by atoms with van der Waals surface area (Å²) in [5.74, 6) is 0.980. The zero-order valence-electron chi connectivity index (χ0n) is 12.5. The van der Waals surface area contributed by atoms with Crippen molar-refractivity contribution in [2.45, 2.75) is 38.9 Å². The van der Waals surface area contributed by atoms with E-state index in [1.54, 1.807) is 6.26 Å². The summed E-state index contributed by atoms with van der Waals surface area (Å²) >= 11 is 6.16. The number of rotatable bonds is 6. The zero-order chi connectivity index (χ0) is 14.8. The Balaban J connectivity index is 1.77. The molecule has 21 heavy (non-hydrogen) atoms. The normalized spacial score (nSPS) is 14.4. The lowest BCUT2D eigenvalue weighted by molar-refractivity contribution is 0.529. The number of halogens is 1. The van der Waals surface area contributed by atoms with Crippen molar-refractivity contribution < 1.29 is 4.42 Å². The third-order valence-electron chi connectivity index (χ3n) is 3.99. The minimum absolute atomic E-state index is 0.693. The van der Waals surface area contributed by atoms with Gasteiger partial charge in [-0.3, -0.25) is 0 Å². The van der Waals surface area contributed by atoms with Gasteiger partial charge in [0.25, 0.3) is 0 Å². The molecule has 0 unspecified atom stereocenters. The number of furan rings is 1. The molecule has 1 N–H and O–H groups in total. The Hall–Kier alpha value is -1.45. The zero-order valence-corrected chi connectivity index (χ0v) is 13.3. The van der Waals surface area contributed by atoms with E-state index in [1.165, 1.54) is 29.7 Å². The van der Waals surface area contributed by atoms with Crippen molar-refractivity contribution in [3.8, 4) is 0 Å². The molecule has 2 aromatic rings. The monoisotopic (exact) mass is 304 g/mol. The predicted molar refractivity (Wildman–Crippen MR) is 86.9 cm³/mol. The summed E-state index contributed by atoms with van der Waals surface area (Å²) in [6.07, 6.45) is 4.33. The second-order valence-electron chi connectivity index (χ2n) is 5.79. The highest BCUT2D eigenvalue weighted by Crippen LogP contribution is 2.27. The van der Waals surface area contributed by atoms with Crippen LogP contribution >= 0.6 is 11.6 Å². The van der Waals surface area contributed by atoms with Crippen LogP contribution < -0.4 is 10.2 Å². The standard InChI is InChI=1S/C17H21ClN2O/c1-12-13(7-8-21-12)11-20(2)17-6-3-15(18)9-14(17)10-19-16-4-5-16/h3,6-9,16,19H,4-5,10-11H2,1-2H3. The van der Waals surface area contributed by atoms with Gasteiger partial charge in [0.05, 0.1) is 6.26 Å². The molecule has 1 aliphatic carbocycles. The van der Waals surface area contributed by atoms with Gasteiger partial charge in [-0.15, -0.1) is 0 Å². The van der Waals surface area contributed by atoms with E-state index >= 15 is 0 Å². The van der Waals surface area contributed by atoms with Gasteiger partial charge in [-0.05, 0) is 49.6 Å². The number of nitrogens with one attached hydrogen (secondary N) is 1. The van der Waals surface area contributed by atoms with Crippen molar-refractivity contribution in [3.05, 3.63) is 52.4 Å². The van der Waals surface area contributed by atoms with Crippen molar-refractivity contribution in [3.63, 3.8) is 0 Å². The SMILES string of the molecule is Cc1occc1CN(C)c1ccc(Cl)cc1CNC1CC1. The maximum atomic E-state index is 6.16. The summed E-state index contributed by atoms with van der Waals surface area (Å²) in [6.45, 7) is 3.70. The van der Waals surface area contributed by atoms with Crippen LogP contribution in [0.25, 0.3) is 0 Å². The Morgan fingerprint density at radius 3 is 2.76 bits per heavy atom. The third-order valence-corrected chi connectivity index (χ3v) is 4.22. The van der Waals surface area contributed by atoms with Crippen LogP contribution in [0.2, 0.25) is 5.02 Å². The molecule has 1 saturated carbocycles. The first-order valence-electron chi connectivity index (χ1n) is 7.39. The van der Waals surface area contributed by atoms with Gasteiger partial charge in [-0.2, -0.15) is 0 Å². The number of hydrogen-bond donors (Lipinski definition) is 1. The van der Waals surface area contributed by atoms with E-state index in [9.17, 15) is 0 Å². The molecule has 1 fully saturated rings. The predicted octanol–water partition coefficient (Wildman–Crippen LogP) is 4.13. The van der Waals surface area contributed by atoms with Gasteiger partial charge in [0.15, 0.2) is 0 Å². The Kier molecular flexibility index (Phi) is 4.22. The van der Waals surface area contributed by atoms with Crippen LogP contribution in [-0.4, -0.2) is 13.1 Å². The van der Waals surface area contributed by atoms with Crippen molar-refractivity contribution in [1.82, 2.24) is 5.32 Å². The van der Waals surface area contributed by atoms with E-state index in [1.807, 2.05) is 19.1 Å². The largest absolute Gasteiger partial charge is 0.469 e. The minimum Gasteiger partial charge on any atom is -0.469 e. The number of anilines is 1. The van der Waals surface area contributed by atoms with Crippen molar-refractivity contribution >= 4 is 17.3 Å². The summed E-state index contributed by atoms with van der Waals surface area (Å²) < 4.78 is 5.38. The molecular weight excluding hydrogens is 284 g/mol. The average molecular weight is 305 g/mol. The molecule has 0 spiro atoms. The van der Waals surface area contributed by atoms with Gasteiger partial charge in [0.2, 0.25) is 0 Å². The van der Waals surface area contributed by atoms with E-state index in [0.717, 1.165) is 23.9 Å². The molecule has 0 bridgehead atoms. The molecule has 3 rings (SSSR count). The van der Waals surface area contributed by atoms with Gasteiger partial charge in [0, 0.05) is 42.5 Å². The van der Waals surface area contributed by atoms with Crippen molar-refractivity contribution in [2.24, 2.45) is 0 Å². The first-order chi connectivity index (χ1) is 10.1. The summed E-state index contributed by atoms with van der Waals surface area (Å²) in [6, 6.07) is 8.84. The van der Waals surface area contributed by atoms with Crippen LogP contribution in [0.15, 0.2) is 34.9 Å². The fraction of sp³-hybridized carbons (Fsp3) is 0.412. The molecule has 1 aromatic carbocycles. The van der Waals surface area contributed by atoms with Crippen LogP contribution in [-0.2, 0) is 13.1 Å². The molecule has 1 heterocycles. The Morgan fingerprint density at radius 1 is 1.29 bits per heavy atom. The molecular formula is C17H21ClN2O. The molecule has 3 nitrogen and oxygen atoms in total. The Morgan fingerprint density at radius 2 is 2.10 bits per heavy atom. The Bertz CT molecular complexity index is 619. The lowest BCUT2D eigenvalue weighted by atomic mass is 10.1. The maximum Gasteiger partial charge on any atom is 0.105 e. The highest BCUT2D eigenvalue weighted by atomic mass is 35.5. The van der Waals surface area contributed by atoms with Crippen LogP contribution in [0.3, 0.4) is 0 Å². The van der Waals surface area contributed by atoms with Crippen molar-refractivity contribution in [1.29, 1.82) is 0 Å². The third kappa shape index (κ3) is 3.60. The van der Waals surface area contributed by atoms with Crippen LogP contribution in [0.4, 0.5) is 5.69 Å². The number of nitrogens with zero attached hydrogens (tertiary/aromatic N) is 1. The molecule has 112 valence electrons. The molecule has 1 aliphatic rings. The molecule has 1 aromatic heterocycles.